The normalized spacial score (nSPS) is 16.7. The van der Waals surface area contributed by atoms with Crippen molar-refractivity contribution >= 4 is 49.3 Å². The van der Waals surface area contributed by atoms with Crippen molar-refractivity contribution in [3.05, 3.63) is 19.3 Å². The fourth-order valence-electron chi connectivity index (χ4n) is 1.14. The Morgan fingerprint density at radius 3 is 2.57 bits per heavy atom. The maximum atomic E-state index is 10.7. The maximum Gasteiger partial charge on any atom is 0.335 e. The van der Waals surface area contributed by atoms with Gasteiger partial charge in [0.05, 0.1) is 11.0 Å². The van der Waals surface area contributed by atoms with Crippen LogP contribution in [0.25, 0.3) is 0 Å². The Morgan fingerprint density at radius 2 is 2.21 bits per heavy atom. The summed E-state index contributed by atoms with van der Waals surface area (Å²) in [5, 5.41) is 14.8. The maximum absolute atomic E-state index is 10.7. The second-order valence-electron chi connectivity index (χ2n) is 2.82. The number of rotatable bonds is 2. The molecule has 1 aliphatic rings. The molecule has 2 heterocycles. The van der Waals surface area contributed by atoms with Crippen LogP contribution >= 0.6 is 43.6 Å². The summed E-state index contributed by atoms with van der Waals surface area (Å²) in [7, 11) is 0. The molecule has 0 saturated carbocycles. The smallest absolute Gasteiger partial charge is 0.258 e. The van der Waals surface area contributed by atoms with Gasteiger partial charge in [0.2, 0.25) is 4.60 Å². The summed E-state index contributed by atoms with van der Waals surface area (Å²) >= 11 is 8.08. The first-order valence-corrected chi connectivity index (χ1v) is 6.51. The molecule has 2 rings (SSSR count). The van der Waals surface area contributed by atoms with Gasteiger partial charge in [-0.3, -0.25) is 10.1 Å². The van der Waals surface area contributed by atoms with Gasteiger partial charge < -0.3 is 0 Å². The minimum atomic E-state index is -0.441. The molecule has 0 aliphatic carbocycles. The van der Waals surface area contributed by atoms with E-state index in [0.717, 1.165) is 11.5 Å². The van der Waals surface area contributed by atoms with E-state index in [9.17, 15) is 10.1 Å². The quantitative estimate of drug-likeness (QED) is 0.612. The predicted octanol–water partition coefficient (Wildman–Crippen LogP) is 2.60. The second-order valence-corrected chi connectivity index (χ2v) is 5.40. The Morgan fingerprint density at radius 1 is 1.57 bits per heavy atom. The van der Waals surface area contributed by atoms with Crippen LogP contribution in [0.15, 0.2) is 9.21 Å². The van der Waals surface area contributed by atoms with Gasteiger partial charge >= 0.3 is 5.69 Å². The molecule has 0 spiro atoms. The van der Waals surface area contributed by atoms with Crippen LogP contribution in [0.3, 0.4) is 0 Å². The molecule has 0 atom stereocenters. The van der Waals surface area contributed by atoms with Crippen molar-refractivity contribution in [2.24, 2.45) is 0 Å². The van der Waals surface area contributed by atoms with Crippen molar-refractivity contribution in [1.29, 1.82) is 0 Å². The van der Waals surface area contributed by atoms with Gasteiger partial charge in [0.1, 0.15) is 0 Å². The third kappa shape index (κ3) is 1.59. The molecule has 0 radical (unpaired) electrons. The summed E-state index contributed by atoms with van der Waals surface area (Å²) in [6.45, 7) is 0. The number of thioether (sulfide) groups is 1. The minimum absolute atomic E-state index is 0.00176. The largest absolute Gasteiger partial charge is 0.335 e. The lowest BCUT2D eigenvalue weighted by atomic mass is 10.4. The number of nitro groups is 1. The molecule has 8 heteroatoms. The van der Waals surface area contributed by atoms with Crippen LogP contribution in [0.2, 0.25) is 0 Å². The Bertz CT molecular complexity index is 391. The van der Waals surface area contributed by atoms with E-state index in [1.54, 1.807) is 16.4 Å². The van der Waals surface area contributed by atoms with Crippen molar-refractivity contribution in [2.75, 3.05) is 11.5 Å². The lowest BCUT2D eigenvalue weighted by molar-refractivity contribution is -0.386. The van der Waals surface area contributed by atoms with Gasteiger partial charge in [0, 0.05) is 11.5 Å². The predicted molar refractivity (Wildman–Crippen MR) is 60.6 cm³/mol. The summed E-state index contributed by atoms with van der Waals surface area (Å²) < 4.78 is 2.39. The lowest BCUT2D eigenvalue weighted by Crippen LogP contribution is -2.24. The number of hydrogen-bond acceptors (Lipinski definition) is 4. The van der Waals surface area contributed by atoms with E-state index < -0.39 is 4.92 Å². The van der Waals surface area contributed by atoms with E-state index in [0.29, 0.717) is 4.60 Å². The van der Waals surface area contributed by atoms with E-state index in [-0.39, 0.29) is 16.3 Å². The van der Waals surface area contributed by atoms with Gasteiger partial charge in [0.15, 0.2) is 4.60 Å². The fraction of sp³-hybridized carbons (Fsp3) is 0.500. The van der Waals surface area contributed by atoms with Gasteiger partial charge in [0.25, 0.3) is 0 Å². The molecule has 76 valence electrons. The SMILES string of the molecule is O=[N+]([O-])c1c(Br)nn(C2CSC2)c1Br. The van der Waals surface area contributed by atoms with Crippen molar-refractivity contribution in [3.8, 4) is 0 Å². The third-order valence-electron chi connectivity index (χ3n) is 1.94. The van der Waals surface area contributed by atoms with Crippen LogP contribution < -0.4 is 0 Å². The van der Waals surface area contributed by atoms with Crippen LogP contribution in [-0.4, -0.2) is 26.2 Å². The molecule has 0 unspecified atom stereocenters. The molecule has 0 bridgehead atoms. The average Bonchev–Trinajstić information content (AvgIpc) is 2.23. The highest BCUT2D eigenvalue weighted by molar-refractivity contribution is 9.11. The van der Waals surface area contributed by atoms with E-state index >= 15 is 0 Å². The van der Waals surface area contributed by atoms with Gasteiger partial charge in [-0.25, -0.2) is 4.68 Å². The second kappa shape index (κ2) is 3.82. The van der Waals surface area contributed by atoms with E-state index in [1.165, 1.54) is 0 Å². The molecule has 1 aromatic heterocycles. The summed E-state index contributed by atoms with van der Waals surface area (Å²) in [4.78, 5) is 10.2. The minimum Gasteiger partial charge on any atom is -0.258 e. The molecule has 1 aliphatic heterocycles. The summed E-state index contributed by atoms with van der Waals surface area (Å²) in [6, 6.07) is 0.277. The van der Waals surface area contributed by atoms with E-state index in [2.05, 4.69) is 37.0 Å². The monoisotopic (exact) mass is 341 g/mol. The summed E-state index contributed by atoms with van der Waals surface area (Å²) in [5.41, 5.74) is 0.00176. The third-order valence-corrected chi connectivity index (χ3v) is 4.45. The first kappa shape index (κ1) is 10.4. The van der Waals surface area contributed by atoms with Crippen LogP contribution in [-0.2, 0) is 0 Å². The van der Waals surface area contributed by atoms with Crippen molar-refractivity contribution < 1.29 is 4.92 Å². The number of aromatic nitrogens is 2. The molecule has 1 aromatic rings. The number of nitrogens with zero attached hydrogens (tertiary/aromatic N) is 3. The highest BCUT2D eigenvalue weighted by Gasteiger charge is 2.30. The molecular formula is C6H5Br2N3O2S. The van der Waals surface area contributed by atoms with Crippen LogP contribution in [0, 0.1) is 10.1 Å². The number of halogens is 2. The van der Waals surface area contributed by atoms with Gasteiger partial charge in [-0.1, -0.05) is 0 Å². The Kier molecular flexibility index (Phi) is 2.85. The molecule has 0 amide bonds. The molecule has 0 aromatic carbocycles. The number of hydrogen-bond donors (Lipinski definition) is 0. The zero-order valence-electron chi connectivity index (χ0n) is 6.81. The average molecular weight is 343 g/mol. The topological polar surface area (TPSA) is 61.0 Å². The van der Waals surface area contributed by atoms with Crippen molar-refractivity contribution in [3.63, 3.8) is 0 Å². The van der Waals surface area contributed by atoms with Gasteiger partial charge in [-0.15, -0.1) is 0 Å². The molecule has 14 heavy (non-hydrogen) atoms. The van der Waals surface area contributed by atoms with Crippen LogP contribution in [0.4, 0.5) is 5.69 Å². The molecular weight excluding hydrogens is 338 g/mol. The highest BCUT2D eigenvalue weighted by Crippen LogP contribution is 2.38. The Balaban J connectivity index is 2.42. The highest BCUT2D eigenvalue weighted by atomic mass is 79.9. The molecule has 1 saturated heterocycles. The van der Waals surface area contributed by atoms with Crippen molar-refractivity contribution in [2.45, 2.75) is 6.04 Å². The zero-order valence-corrected chi connectivity index (χ0v) is 10.8. The fourth-order valence-corrected chi connectivity index (χ4v) is 3.34. The Labute approximate surface area is 101 Å². The summed E-state index contributed by atoms with van der Waals surface area (Å²) in [5.74, 6) is 1.92. The van der Waals surface area contributed by atoms with Gasteiger partial charge in [-0.05, 0) is 31.9 Å². The van der Waals surface area contributed by atoms with Crippen molar-refractivity contribution in [1.82, 2.24) is 9.78 Å². The molecule has 0 N–H and O–H groups in total. The van der Waals surface area contributed by atoms with E-state index in [4.69, 9.17) is 0 Å². The standard InChI is InChI=1S/C6H5Br2N3O2S/c7-5-4(11(12)13)6(8)10(9-5)3-1-14-2-3/h3H,1-2H2. The Hall–Kier alpha value is -0.0800. The summed E-state index contributed by atoms with van der Waals surface area (Å²) in [6.07, 6.45) is 0. The zero-order chi connectivity index (χ0) is 10.3. The van der Waals surface area contributed by atoms with Crippen LogP contribution in [0.5, 0.6) is 0 Å². The molecule has 1 fully saturated rings. The van der Waals surface area contributed by atoms with Gasteiger partial charge in [-0.2, -0.15) is 16.9 Å². The molecule has 5 nitrogen and oxygen atoms in total. The van der Waals surface area contributed by atoms with Crippen LogP contribution in [0.1, 0.15) is 6.04 Å². The van der Waals surface area contributed by atoms with E-state index in [1.807, 2.05) is 0 Å². The first-order valence-electron chi connectivity index (χ1n) is 3.77. The lowest BCUT2D eigenvalue weighted by Gasteiger charge is -2.25. The first-order chi connectivity index (χ1) is 6.61.